The summed E-state index contributed by atoms with van der Waals surface area (Å²) in [4.78, 5) is 11.8. The summed E-state index contributed by atoms with van der Waals surface area (Å²) in [5.74, 6) is 1.30. The molecule has 0 radical (unpaired) electrons. The molecule has 22 heavy (non-hydrogen) atoms. The Morgan fingerprint density at radius 1 is 1.27 bits per heavy atom. The van der Waals surface area contributed by atoms with Gasteiger partial charge in [0.15, 0.2) is 0 Å². The monoisotopic (exact) mass is 292 g/mol. The van der Waals surface area contributed by atoms with Gasteiger partial charge in [-0.3, -0.25) is 0 Å². The van der Waals surface area contributed by atoms with Crippen molar-refractivity contribution in [2.45, 2.75) is 26.2 Å². The first kappa shape index (κ1) is 14.1. The molecule has 0 aliphatic heterocycles. The van der Waals surface area contributed by atoms with Crippen LogP contribution in [0, 0.1) is 6.57 Å². The Morgan fingerprint density at radius 3 is 2.82 bits per heavy atom. The number of fused-ring (bicyclic) bond motifs is 1. The lowest BCUT2D eigenvalue weighted by molar-refractivity contribution is 0.463. The van der Waals surface area contributed by atoms with Crippen molar-refractivity contribution in [2.24, 2.45) is 0 Å². The van der Waals surface area contributed by atoms with Gasteiger partial charge in [-0.25, -0.2) is 4.98 Å². The summed E-state index contributed by atoms with van der Waals surface area (Å²) in [5.41, 5.74) is 1.80. The zero-order valence-electron chi connectivity index (χ0n) is 12.7. The van der Waals surface area contributed by atoms with Gasteiger partial charge in [0.2, 0.25) is 5.65 Å². The van der Waals surface area contributed by atoms with Crippen LogP contribution < -0.4 is 4.74 Å². The van der Waals surface area contributed by atoms with Crippen LogP contribution in [-0.4, -0.2) is 14.4 Å². The van der Waals surface area contributed by atoms with Gasteiger partial charge in [0.25, 0.3) is 5.82 Å². The second kappa shape index (κ2) is 5.15. The molecule has 0 atom stereocenters. The Hall–Kier alpha value is -2.87. The van der Waals surface area contributed by atoms with E-state index in [1.807, 2.05) is 18.2 Å². The van der Waals surface area contributed by atoms with Crippen LogP contribution in [0.4, 0.5) is 5.82 Å². The molecule has 0 aliphatic carbocycles. The van der Waals surface area contributed by atoms with Gasteiger partial charge in [-0.15, -0.1) is 0 Å². The quantitative estimate of drug-likeness (QED) is 0.659. The number of hydrogen-bond acceptors (Lipinski definition) is 3. The number of hydrogen-bond donors (Lipinski definition) is 0. The maximum atomic E-state index is 7.14. The lowest BCUT2D eigenvalue weighted by Gasteiger charge is -2.19. The molecule has 5 nitrogen and oxygen atoms in total. The van der Waals surface area contributed by atoms with E-state index in [1.165, 1.54) is 5.56 Å². The Morgan fingerprint density at radius 2 is 2.09 bits per heavy atom. The maximum absolute atomic E-state index is 7.14. The highest BCUT2D eigenvalue weighted by atomic mass is 16.5. The molecule has 0 saturated carbocycles. The van der Waals surface area contributed by atoms with E-state index in [0.717, 1.165) is 0 Å². The number of nitrogens with zero attached hydrogens (tertiary/aromatic N) is 4. The molecule has 0 unspecified atom stereocenters. The third kappa shape index (κ3) is 2.63. The van der Waals surface area contributed by atoms with Gasteiger partial charge in [0.1, 0.15) is 5.75 Å². The van der Waals surface area contributed by atoms with Crippen LogP contribution in [0.15, 0.2) is 42.9 Å². The highest BCUT2D eigenvalue weighted by Gasteiger charge is 2.17. The van der Waals surface area contributed by atoms with Gasteiger partial charge in [-0.05, 0) is 23.1 Å². The second-order valence-electron chi connectivity index (χ2n) is 6.05. The van der Waals surface area contributed by atoms with Gasteiger partial charge in [-0.2, -0.15) is 0 Å². The number of rotatable bonds is 2. The average molecular weight is 292 g/mol. The fourth-order valence-corrected chi connectivity index (χ4v) is 2.15. The van der Waals surface area contributed by atoms with E-state index in [4.69, 9.17) is 11.3 Å². The number of imidazole rings is 1. The number of benzene rings is 1. The SMILES string of the molecule is [C-]#[N+]c1cn2ccnc2c(Oc2cccc(C(C)(C)C)c2)n1. The van der Waals surface area contributed by atoms with Gasteiger partial charge in [0, 0.05) is 18.6 Å². The Labute approximate surface area is 129 Å². The van der Waals surface area contributed by atoms with Crippen LogP contribution in [0.3, 0.4) is 0 Å². The van der Waals surface area contributed by atoms with Crippen molar-refractivity contribution in [2.75, 3.05) is 0 Å². The summed E-state index contributed by atoms with van der Waals surface area (Å²) in [5, 5.41) is 0. The standard InChI is InChI=1S/C17H16N4O/c1-17(2,3)12-6-5-7-13(10-12)22-16-15-19-8-9-21(15)11-14(18-4)20-16/h5-11H,1-3H3. The van der Waals surface area contributed by atoms with Crippen LogP contribution in [0.2, 0.25) is 0 Å². The van der Waals surface area contributed by atoms with Gasteiger partial charge in [-0.1, -0.05) is 44.5 Å². The molecule has 0 spiro atoms. The molecule has 2 aromatic heterocycles. The summed E-state index contributed by atoms with van der Waals surface area (Å²) in [6.07, 6.45) is 5.06. The molecule has 0 saturated heterocycles. The van der Waals surface area contributed by atoms with Crippen LogP contribution in [0.1, 0.15) is 26.3 Å². The molecule has 5 heteroatoms. The molecule has 3 aromatic rings. The maximum Gasteiger partial charge on any atom is 0.359 e. The van der Waals surface area contributed by atoms with Crippen LogP contribution in [-0.2, 0) is 5.41 Å². The molecule has 0 amide bonds. The first-order valence-electron chi connectivity index (χ1n) is 6.97. The van der Waals surface area contributed by atoms with Crippen molar-refractivity contribution < 1.29 is 4.74 Å². The van der Waals surface area contributed by atoms with Crippen LogP contribution >= 0.6 is 0 Å². The second-order valence-corrected chi connectivity index (χ2v) is 6.05. The van der Waals surface area contributed by atoms with E-state index in [-0.39, 0.29) is 11.2 Å². The molecule has 3 rings (SSSR count). The highest BCUT2D eigenvalue weighted by molar-refractivity contribution is 5.55. The lowest BCUT2D eigenvalue weighted by atomic mass is 9.87. The average Bonchev–Trinajstić information content (AvgIpc) is 2.95. The van der Waals surface area contributed by atoms with E-state index < -0.39 is 0 Å². The molecular weight excluding hydrogens is 276 g/mol. The highest BCUT2D eigenvalue weighted by Crippen LogP contribution is 2.30. The minimum Gasteiger partial charge on any atom is -0.419 e. The zero-order valence-corrected chi connectivity index (χ0v) is 12.7. The number of aromatic nitrogens is 3. The summed E-state index contributed by atoms with van der Waals surface area (Å²) >= 11 is 0. The van der Waals surface area contributed by atoms with Crippen molar-refractivity contribution in [3.8, 4) is 11.6 Å². The van der Waals surface area contributed by atoms with Crippen molar-refractivity contribution in [1.82, 2.24) is 14.4 Å². The summed E-state index contributed by atoms with van der Waals surface area (Å²) < 4.78 is 7.63. The van der Waals surface area contributed by atoms with Crippen molar-refractivity contribution in [3.05, 3.63) is 59.8 Å². The van der Waals surface area contributed by atoms with E-state index >= 15 is 0 Å². The smallest absolute Gasteiger partial charge is 0.359 e. The summed E-state index contributed by atoms with van der Waals surface area (Å²) in [7, 11) is 0. The van der Waals surface area contributed by atoms with E-state index in [2.05, 4.69) is 41.7 Å². The topological polar surface area (TPSA) is 43.8 Å². The molecule has 0 fully saturated rings. The molecule has 0 bridgehead atoms. The summed E-state index contributed by atoms with van der Waals surface area (Å²) in [6.45, 7) is 13.6. The predicted octanol–water partition coefficient (Wildman–Crippen LogP) is 4.37. The van der Waals surface area contributed by atoms with Crippen LogP contribution in [0.25, 0.3) is 10.5 Å². The lowest BCUT2D eigenvalue weighted by Crippen LogP contribution is -2.10. The normalized spacial score (nSPS) is 11.4. The molecule has 0 aliphatic rings. The first-order valence-corrected chi connectivity index (χ1v) is 6.97. The number of ether oxygens (including phenoxy) is 1. The Balaban J connectivity index is 2.03. The van der Waals surface area contributed by atoms with Crippen molar-refractivity contribution in [1.29, 1.82) is 0 Å². The third-order valence-electron chi connectivity index (χ3n) is 3.36. The third-order valence-corrected chi connectivity index (χ3v) is 3.36. The van der Waals surface area contributed by atoms with Crippen molar-refractivity contribution in [3.63, 3.8) is 0 Å². The van der Waals surface area contributed by atoms with Gasteiger partial charge >= 0.3 is 5.88 Å². The summed E-state index contributed by atoms with van der Waals surface area (Å²) in [6, 6.07) is 7.89. The van der Waals surface area contributed by atoms with E-state index in [9.17, 15) is 0 Å². The predicted molar refractivity (Wildman–Crippen MR) is 84.5 cm³/mol. The fraction of sp³-hybridized carbons (Fsp3) is 0.235. The van der Waals surface area contributed by atoms with E-state index in [0.29, 0.717) is 17.3 Å². The first-order chi connectivity index (χ1) is 10.5. The van der Waals surface area contributed by atoms with E-state index in [1.54, 1.807) is 23.0 Å². The largest absolute Gasteiger partial charge is 0.419 e. The molecule has 0 N–H and O–H groups in total. The molecular formula is C17H16N4O. The van der Waals surface area contributed by atoms with Crippen LogP contribution in [0.5, 0.6) is 11.6 Å². The fourth-order valence-electron chi connectivity index (χ4n) is 2.15. The van der Waals surface area contributed by atoms with Crippen molar-refractivity contribution >= 4 is 11.5 Å². The Kier molecular flexibility index (Phi) is 3.30. The molecule has 1 aromatic carbocycles. The van der Waals surface area contributed by atoms with Gasteiger partial charge < -0.3 is 14.0 Å². The zero-order chi connectivity index (χ0) is 15.7. The Bertz CT molecular complexity index is 868. The minimum atomic E-state index is 0.0355. The molecule has 2 heterocycles. The molecule has 110 valence electrons. The minimum absolute atomic E-state index is 0.0355. The van der Waals surface area contributed by atoms with Gasteiger partial charge in [0.05, 0.1) is 0 Å².